The number of hydrogen-bond donors (Lipinski definition) is 2. The van der Waals surface area contributed by atoms with Gasteiger partial charge in [0.15, 0.2) is 4.77 Å². The molecule has 2 N–H and O–H groups in total. The van der Waals surface area contributed by atoms with Crippen LogP contribution < -0.4 is 10.9 Å². The predicted molar refractivity (Wildman–Crippen MR) is 95.5 cm³/mol. The van der Waals surface area contributed by atoms with Crippen LogP contribution in [0.15, 0.2) is 29.3 Å². The number of anilines is 1. The number of pyridine rings is 1. The van der Waals surface area contributed by atoms with E-state index in [1.54, 1.807) is 6.20 Å². The number of rotatable bonds is 3. The molecular formula is C17H21N5OS. The standard InChI is InChI=1S/C17H21N5OS/c23-16-14-10-21(13-5-1-2-6-13)11-19-15(14)22(17(24)20-16)9-12-4-3-7-18-8-12/h3-4,7-8,13,19H,1-2,5-6,9-11H2,(H,20,23,24). The Morgan fingerprint density at radius 2 is 2.17 bits per heavy atom. The molecule has 0 radical (unpaired) electrons. The molecular weight excluding hydrogens is 322 g/mol. The van der Waals surface area contributed by atoms with Crippen LogP contribution in [0.3, 0.4) is 0 Å². The average molecular weight is 343 g/mol. The van der Waals surface area contributed by atoms with Crippen LogP contribution in [0.25, 0.3) is 0 Å². The predicted octanol–water partition coefficient (Wildman–Crippen LogP) is 2.48. The minimum Gasteiger partial charge on any atom is -0.358 e. The van der Waals surface area contributed by atoms with Crippen LogP contribution in [-0.2, 0) is 13.1 Å². The first-order valence-corrected chi connectivity index (χ1v) is 8.86. The van der Waals surface area contributed by atoms with Gasteiger partial charge in [-0.2, -0.15) is 0 Å². The number of aromatic amines is 1. The van der Waals surface area contributed by atoms with Crippen LogP contribution in [0.4, 0.5) is 5.82 Å². The van der Waals surface area contributed by atoms with Crippen LogP contribution in [0.2, 0.25) is 0 Å². The second kappa shape index (κ2) is 6.49. The van der Waals surface area contributed by atoms with Gasteiger partial charge in [-0.25, -0.2) is 0 Å². The normalized spacial score (nSPS) is 18.3. The van der Waals surface area contributed by atoms with E-state index >= 15 is 0 Å². The van der Waals surface area contributed by atoms with E-state index in [0.717, 1.165) is 23.6 Å². The highest BCUT2D eigenvalue weighted by Gasteiger charge is 2.28. The lowest BCUT2D eigenvalue weighted by atomic mass is 10.1. The van der Waals surface area contributed by atoms with E-state index in [1.807, 2.05) is 22.9 Å². The van der Waals surface area contributed by atoms with Crippen molar-refractivity contribution in [1.29, 1.82) is 0 Å². The lowest BCUT2D eigenvalue weighted by Crippen LogP contribution is -2.43. The molecule has 0 amide bonds. The van der Waals surface area contributed by atoms with Gasteiger partial charge in [0.05, 0.1) is 18.8 Å². The zero-order valence-electron chi connectivity index (χ0n) is 13.5. The maximum atomic E-state index is 12.4. The summed E-state index contributed by atoms with van der Waals surface area (Å²) in [4.78, 5) is 21.8. The third-order valence-electron chi connectivity index (χ3n) is 5.01. The number of nitrogens with one attached hydrogen (secondary N) is 2. The highest BCUT2D eigenvalue weighted by Crippen LogP contribution is 2.28. The Balaban J connectivity index is 1.69. The molecule has 126 valence electrons. The average Bonchev–Trinajstić information content (AvgIpc) is 3.14. The molecule has 0 atom stereocenters. The summed E-state index contributed by atoms with van der Waals surface area (Å²) in [7, 11) is 0. The molecule has 2 aromatic rings. The van der Waals surface area contributed by atoms with Gasteiger partial charge in [0.1, 0.15) is 5.82 Å². The summed E-state index contributed by atoms with van der Waals surface area (Å²) >= 11 is 5.39. The molecule has 0 spiro atoms. The quantitative estimate of drug-likeness (QED) is 0.838. The van der Waals surface area contributed by atoms with E-state index in [2.05, 4.69) is 20.2 Å². The third kappa shape index (κ3) is 2.89. The summed E-state index contributed by atoms with van der Waals surface area (Å²) < 4.78 is 2.42. The summed E-state index contributed by atoms with van der Waals surface area (Å²) in [6.45, 7) is 2.05. The Morgan fingerprint density at radius 3 is 2.92 bits per heavy atom. The van der Waals surface area contributed by atoms with Crippen molar-refractivity contribution in [3.63, 3.8) is 0 Å². The molecule has 1 aliphatic carbocycles. The summed E-state index contributed by atoms with van der Waals surface area (Å²) in [5, 5.41) is 3.44. The Bertz CT molecular complexity index is 838. The van der Waals surface area contributed by atoms with Crippen molar-refractivity contribution in [2.45, 2.75) is 44.8 Å². The van der Waals surface area contributed by atoms with Crippen molar-refractivity contribution in [2.24, 2.45) is 0 Å². The lowest BCUT2D eigenvalue weighted by molar-refractivity contribution is 0.194. The molecule has 0 saturated heterocycles. The minimum atomic E-state index is -0.0763. The van der Waals surface area contributed by atoms with Gasteiger partial charge in [0, 0.05) is 25.0 Å². The molecule has 4 rings (SSSR count). The molecule has 1 fully saturated rings. The summed E-state index contributed by atoms with van der Waals surface area (Å²) in [6.07, 6.45) is 8.61. The third-order valence-corrected chi connectivity index (χ3v) is 5.33. The molecule has 2 aromatic heterocycles. The van der Waals surface area contributed by atoms with Crippen molar-refractivity contribution in [1.82, 2.24) is 19.4 Å². The molecule has 7 heteroatoms. The van der Waals surface area contributed by atoms with Gasteiger partial charge in [0.2, 0.25) is 0 Å². The van der Waals surface area contributed by atoms with E-state index in [4.69, 9.17) is 12.2 Å². The van der Waals surface area contributed by atoms with Crippen molar-refractivity contribution in [2.75, 3.05) is 12.0 Å². The Hall–Kier alpha value is -1.99. The van der Waals surface area contributed by atoms with Crippen molar-refractivity contribution in [3.8, 4) is 0 Å². The Kier molecular flexibility index (Phi) is 4.20. The summed E-state index contributed by atoms with van der Waals surface area (Å²) in [6, 6.07) is 4.51. The molecule has 1 aliphatic heterocycles. The van der Waals surface area contributed by atoms with E-state index in [-0.39, 0.29) is 5.56 Å². The zero-order valence-corrected chi connectivity index (χ0v) is 14.3. The topological polar surface area (TPSA) is 66.0 Å². The fourth-order valence-corrected chi connectivity index (χ4v) is 4.00. The van der Waals surface area contributed by atoms with Gasteiger partial charge < -0.3 is 9.88 Å². The van der Waals surface area contributed by atoms with Crippen LogP contribution >= 0.6 is 12.2 Å². The maximum absolute atomic E-state index is 12.4. The van der Waals surface area contributed by atoms with Gasteiger partial charge in [0.25, 0.3) is 5.56 Å². The molecule has 0 unspecified atom stereocenters. The summed E-state index contributed by atoms with van der Waals surface area (Å²) in [5.74, 6) is 0.849. The molecule has 6 nitrogen and oxygen atoms in total. The van der Waals surface area contributed by atoms with E-state index < -0.39 is 0 Å². The highest BCUT2D eigenvalue weighted by atomic mass is 32.1. The van der Waals surface area contributed by atoms with Crippen molar-refractivity contribution >= 4 is 18.0 Å². The first kappa shape index (κ1) is 15.5. The second-order valence-corrected chi connectivity index (χ2v) is 6.94. The van der Waals surface area contributed by atoms with Crippen LogP contribution in [0.5, 0.6) is 0 Å². The fraction of sp³-hybridized carbons (Fsp3) is 0.471. The molecule has 1 saturated carbocycles. The second-order valence-electron chi connectivity index (χ2n) is 6.55. The first-order valence-electron chi connectivity index (χ1n) is 8.45. The molecule has 24 heavy (non-hydrogen) atoms. The SMILES string of the molecule is O=c1[nH]c(=S)n(Cc2cccnc2)c2c1CN(C1CCCC1)CN2. The number of nitrogens with zero attached hydrogens (tertiary/aromatic N) is 3. The zero-order chi connectivity index (χ0) is 16.5. The smallest absolute Gasteiger partial charge is 0.258 e. The van der Waals surface area contributed by atoms with Crippen LogP contribution in [-0.4, -0.2) is 32.1 Å². The highest BCUT2D eigenvalue weighted by molar-refractivity contribution is 7.71. The monoisotopic (exact) mass is 343 g/mol. The molecule has 3 heterocycles. The van der Waals surface area contributed by atoms with Gasteiger partial charge in [-0.15, -0.1) is 0 Å². The van der Waals surface area contributed by atoms with Gasteiger partial charge in [-0.05, 0) is 36.7 Å². The van der Waals surface area contributed by atoms with E-state index in [1.165, 1.54) is 25.7 Å². The van der Waals surface area contributed by atoms with Crippen molar-refractivity contribution in [3.05, 3.63) is 50.8 Å². The van der Waals surface area contributed by atoms with Crippen LogP contribution in [0.1, 0.15) is 36.8 Å². The van der Waals surface area contributed by atoms with E-state index in [0.29, 0.717) is 23.9 Å². The Labute approximate surface area is 145 Å². The largest absolute Gasteiger partial charge is 0.358 e. The molecule has 0 aromatic carbocycles. The summed E-state index contributed by atoms with van der Waals surface area (Å²) in [5.41, 5.74) is 1.76. The van der Waals surface area contributed by atoms with E-state index in [9.17, 15) is 4.79 Å². The van der Waals surface area contributed by atoms with Crippen LogP contribution in [0, 0.1) is 4.77 Å². The number of hydrogen-bond acceptors (Lipinski definition) is 5. The number of H-pyrrole nitrogens is 1. The number of aromatic nitrogens is 3. The van der Waals surface area contributed by atoms with Gasteiger partial charge in [-0.3, -0.25) is 19.7 Å². The molecule has 0 bridgehead atoms. The van der Waals surface area contributed by atoms with Gasteiger partial charge >= 0.3 is 0 Å². The Morgan fingerprint density at radius 1 is 1.33 bits per heavy atom. The number of fused-ring (bicyclic) bond motifs is 1. The lowest BCUT2D eigenvalue weighted by Gasteiger charge is -2.35. The fourth-order valence-electron chi connectivity index (χ4n) is 3.75. The molecule has 2 aliphatic rings. The maximum Gasteiger partial charge on any atom is 0.258 e. The van der Waals surface area contributed by atoms with Crippen molar-refractivity contribution < 1.29 is 0 Å². The first-order chi connectivity index (χ1) is 11.7. The minimum absolute atomic E-state index is 0.0763. The van der Waals surface area contributed by atoms with Gasteiger partial charge in [-0.1, -0.05) is 18.9 Å².